The smallest absolute Gasteiger partial charge is 0.182 e. The van der Waals surface area contributed by atoms with E-state index in [0.717, 1.165) is 17.8 Å². The number of hydrogen-bond acceptors (Lipinski definition) is 4. The zero-order valence-electron chi connectivity index (χ0n) is 12.4. The van der Waals surface area contributed by atoms with Crippen molar-refractivity contribution in [3.05, 3.63) is 23.2 Å². The summed E-state index contributed by atoms with van der Waals surface area (Å²) in [5, 5.41) is 12.9. The number of anilines is 1. The van der Waals surface area contributed by atoms with Crippen molar-refractivity contribution in [1.29, 1.82) is 0 Å². The van der Waals surface area contributed by atoms with E-state index in [2.05, 4.69) is 29.4 Å². The molecule has 0 radical (unpaired) electrons. The van der Waals surface area contributed by atoms with E-state index >= 15 is 0 Å². The van der Waals surface area contributed by atoms with Crippen LogP contribution in [0.4, 0.5) is 5.69 Å². The third kappa shape index (κ3) is 2.75. The molecule has 21 heavy (non-hydrogen) atoms. The van der Waals surface area contributed by atoms with Crippen molar-refractivity contribution in [1.82, 2.24) is 20.2 Å². The van der Waals surface area contributed by atoms with Gasteiger partial charge in [0.2, 0.25) is 0 Å². The molecule has 0 amide bonds. The second-order valence-electron chi connectivity index (χ2n) is 6.47. The van der Waals surface area contributed by atoms with Crippen LogP contribution in [0.5, 0.6) is 0 Å². The van der Waals surface area contributed by atoms with Crippen LogP contribution in [-0.2, 0) is 0 Å². The standard InChI is InChI=1S/C15H20ClN5/c1-15(2)6-4-3-5-13(15)21-14(18-19-20-21)10-7-11(16)9-12(17)8-10/h7-9,13H,3-6,17H2,1-2H3. The summed E-state index contributed by atoms with van der Waals surface area (Å²) in [4.78, 5) is 0. The lowest BCUT2D eigenvalue weighted by molar-refractivity contribution is 0.132. The molecular weight excluding hydrogens is 286 g/mol. The van der Waals surface area contributed by atoms with Crippen molar-refractivity contribution < 1.29 is 0 Å². The van der Waals surface area contributed by atoms with Crippen LogP contribution in [0.3, 0.4) is 0 Å². The van der Waals surface area contributed by atoms with Gasteiger partial charge in [-0.05, 0) is 46.9 Å². The zero-order valence-corrected chi connectivity index (χ0v) is 13.1. The Morgan fingerprint density at radius 3 is 2.81 bits per heavy atom. The van der Waals surface area contributed by atoms with Crippen LogP contribution in [0.25, 0.3) is 11.4 Å². The van der Waals surface area contributed by atoms with Crippen LogP contribution < -0.4 is 5.73 Å². The van der Waals surface area contributed by atoms with E-state index in [4.69, 9.17) is 17.3 Å². The lowest BCUT2D eigenvalue weighted by Crippen LogP contribution is -2.31. The molecule has 2 aromatic rings. The predicted molar refractivity (Wildman–Crippen MR) is 84.0 cm³/mol. The maximum absolute atomic E-state index is 6.10. The number of benzene rings is 1. The van der Waals surface area contributed by atoms with Crippen molar-refractivity contribution in [2.75, 3.05) is 5.73 Å². The summed E-state index contributed by atoms with van der Waals surface area (Å²) in [6, 6.07) is 5.75. The van der Waals surface area contributed by atoms with Crippen molar-refractivity contribution in [2.45, 2.75) is 45.6 Å². The first-order valence-electron chi connectivity index (χ1n) is 7.32. The average Bonchev–Trinajstić information content (AvgIpc) is 2.86. The van der Waals surface area contributed by atoms with Gasteiger partial charge in [-0.25, -0.2) is 4.68 Å². The molecule has 2 N–H and O–H groups in total. The van der Waals surface area contributed by atoms with E-state index in [0.29, 0.717) is 16.8 Å². The summed E-state index contributed by atoms with van der Waals surface area (Å²) in [6.07, 6.45) is 4.77. The third-order valence-corrected chi connectivity index (χ3v) is 4.64. The fourth-order valence-electron chi connectivity index (χ4n) is 3.26. The van der Waals surface area contributed by atoms with Crippen LogP contribution in [0, 0.1) is 5.41 Å². The van der Waals surface area contributed by atoms with Crippen molar-refractivity contribution in [3.8, 4) is 11.4 Å². The van der Waals surface area contributed by atoms with Crippen LogP contribution in [0.2, 0.25) is 5.02 Å². The molecule has 0 saturated heterocycles. The Morgan fingerprint density at radius 2 is 2.10 bits per heavy atom. The van der Waals surface area contributed by atoms with Crippen LogP contribution >= 0.6 is 11.6 Å². The van der Waals surface area contributed by atoms with E-state index in [1.54, 1.807) is 6.07 Å². The van der Waals surface area contributed by atoms with Gasteiger partial charge in [-0.1, -0.05) is 38.3 Å². The minimum atomic E-state index is 0.187. The normalized spacial score (nSPS) is 21.4. The number of halogens is 1. The Kier molecular flexibility index (Phi) is 3.61. The molecule has 1 heterocycles. The first-order chi connectivity index (χ1) is 9.97. The average molecular weight is 306 g/mol. The summed E-state index contributed by atoms with van der Waals surface area (Å²) in [7, 11) is 0. The number of nitrogens with zero attached hydrogens (tertiary/aromatic N) is 4. The van der Waals surface area contributed by atoms with Gasteiger partial charge in [0.15, 0.2) is 5.82 Å². The first-order valence-corrected chi connectivity index (χ1v) is 7.69. The molecule has 112 valence electrons. The molecule has 0 spiro atoms. The van der Waals surface area contributed by atoms with Gasteiger partial charge in [-0.3, -0.25) is 0 Å². The Hall–Kier alpha value is -1.62. The minimum Gasteiger partial charge on any atom is -0.399 e. The molecule has 1 fully saturated rings. The van der Waals surface area contributed by atoms with Gasteiger partial charge in [-0.15, -0.1) is 5.10 Å². The fourth-order valence-corrected chi connectivity index (χ4v) is 3.51. The monoisotopic (exact) mass is 305 g/mol. The number of hydrogen-bond donors (Lipinski definition) is 1. The summed E-state index contributed by atoms with van der Waals surface area (Å²) in [5.41, 5.74) is 7.56. The minimum absolute atomic E-state index is 0.187. The van der Waals surface area contributed by atoms with E-state index in [-0.39, 0.29) is 5.41 Å². The second-order valence-corrected chi connectivity index (χ2v) is 6.91. The van der Waals surface area contributed by atoms with Crippen molar-refractivity contribution in [3.63, 3.8) is 0 Å². The summed E-state index contributed by atoms with van der Waals surface area (Å²) < 4.78 is 1.95. The molecule has 1 aromatic carbocycles. The molecule has 1 unspecified atom stereocenters. The van der Waals surface area contributed by atoms with Gasteiger partial charge in [0, 0.05) is 16.3 Å². The predicted octanol–water partition coefficient (Wildman–Crippen LogP) is 3.72. The second kappa shape index (κ2) is 5.30. The SMILES string of the molecule is CC1(C)CCCCC1n1nnnc1-c1cc(N)cc(Cl)c1. The molecule has 5 nitrogen and oxygen atoms in total. The van der Waals surface area contributed by atoms with Gasteiger partial charge < -0.3 is 5.73 Å². The topological polar surface area (TPSA) is 69.6 Å². The van der Waals surface area contributed by atoms with Crippen molar-refractivity contribution >= 4 is 17.3 Å². The summed E-state index contributed by atoms with van der Waals surface area (Å²) in [5.74, 6) is 0.740. The molecule has 1 aliphatic carbocycles. The number of nitrogens with two attached hydrogens (primary N) is 1. The largest absolute Gasteiger partial charge is 0.399 e. The quantitative estimate of drug-likeness (QED) is 0.859. The van der Waals surface area contributed by atoms with Crippen LogP contribution in [0.1, 0.15) is 45.6 Å². The summed E-state index contributed by atoms with van der Waals surface area (Å²) >= 11 is 6.10. The molecule has 3 rings (SSSR count). The lowest BCUT2D eigenvalue weighted by atomic mass is 9.73. The van der Waals surface area contributed by atoms with Gasteiger partial charge >= 0.3 is 0 Å². The third-order valence-electron chi connectivity index (χ3n) is 4.42. The Bertz CT molecular complexity index is 629. The van der Waals surface area contributed by atoms with Gasteiger partial charge in [0.1, 0.15) is 0 Å². The highest BCUT2D eigenvalue weighted by atomic mass is 35.5. The molecule has 6 heteroatoms. The van der Waals surface area contributed by atoms with E-state index in [1.165, 1.54) is 19.3 Å². The van der Waals surface area contributed by atoms with Crippen LogP contribution in [0.15, 0.2) is 18.2 Å². The highest BCUT2D eigenvalue weighted by molar-refractivity contribution is 6.31. The lowest BCUT2D eigenvalue weighted by Gasteiger charge is -2.38. The maximum Gasteiger partial charge on any atom is 0.182 e. The fraction of sp³-hybridized carbons (Fsp3) is 0.533. The molecular formula is C15H20ClN5. The first kappa shape index (κ1) is 14.3. The number of nitrogen functional groups attached to an aromatic ring is 1. The molecule has 1 aliphatic rings. The Labute approximate surface area is 129 Å². The molecule has 1 saturated carbocycles. The van der Waals surface area contributed by atoms with E-state index in [1.807, 2.05) is 16.8 Å². The Morgan fingerprint density at radius 1 is 1.29 bits per heavy atom. The molecule has 1 aromatic heterocycles. The highest BCUT2D eigenvalue weighted by Gasteiger charge is 2.35. The van der Waals surface area contributed by atoms with Gasteiger partial charge in [0.25, 0.3) is 0 Å². The van der Waals surface area contributed by atoms with Gasteiger partial charge in [0.05, 0.1) is 6.04 Å². The highest BCUT2D eigenvalue weighted by Crippen LogP contribution is 2.44. The van der Waals surface area contributed by atoms with Crippen LogP contribution in [-0.4, -0.2) is 20.2 Å². The van der Waals surface area contributed by atoms with E-state index < -0.39 is 0 Å². The van der Waals surface area contributed by atoms with E-state index in [9.17, 15) is 0 Å². The number of tetrazole rings is 1. The maximum atomic E-state index is 6.10. The zero-order chi connectivity index (χ0) is 15.0. The summed E-state index contributed by atoms with van der Waals surface area (Å²) in [6.45, 7) is 4.57. The molecule has 1 atom stereocenters. The Balaban J connectivity index is 2.04. The molecule has 0 aliphatic heterocycles. The number of aromatic nitrogens is 4. The number of rotatable bonds is 2. The van der Waals surface area contributed by atoms with Gasteiger partial charge in [-0.2, -0.15) is 0 Å². The van der Waals surface area contributed by atoms with Crippen molar-refractivity contribution in [2.24, 2.45) is 5.41 Å². The molecule has 0 bridgehead atoms.